The van der Waals surface area contributed by atoms with Gasteiger partial charge in [0.1, 0.15) is 11.5 Å². The number of carbonyl (C=O) groups excluding carboxylic acids is 2. The van der Waals surface area contributed by atoms with Crippen molar-refractivity contribution in [2.24, 2.45) is 0 Å². The number of hydrogen-bond donors (Lipinski definition) is 1. The summed E-state index contributed by atoms with van der Waals surface area (Å²) in [4.78, 5) is 29.4. The highest BCUT2D eigenvalue weighted by Crippen LogP contribution is 2.49. The lowest BCUT2D eigenvalue weighted by atomic mass is 9.78. The molecule has 0 unspecified atom stereocenters. The molecule has 2 aliphatic rings. The summed E-state index contributed by atoms with van der Waals surface area (Å²) in [5, 5.41) is 3.57. The number of methoxy groups -OCH3 is 1. The molecule has 3 aromatic carbocycles. The van der Waals surface area contributed by atoms with E-state index in [1.807, 2.05) is 86.6 Å². The van der Waals surface area contributed by atoms with E-state index in [-0.39, 0.29) is 17.6 Å². The lowest BCUT2D eigenvalue weighted by molar-refractivity contribution is -0.119. The van der Waals surface area contributed by atoms with E-state index in [1.165, 1.54) is 0 Å². The summed E-state index contributed by atoms with van der Waals surface area (Å²) in [6.45, 7) is 4.28. The fourth-order valence-electron chi connectivity index (χ4n) is 5.44. The highest BCUT2D eigenvalue weighted by atomic mass is 16.5. The number of carbonyl (C=O) groups is 2. The number of allylic oxidation sites excluding steroid dienone is 1. The second-order valence-corrected chi connectivity index (χ2v) is 9.33. The zero-order chi connectivity index (χ0) is 25.9. The molecule has 0 spiro atoms. The first-order valence-electron chi connectivity index (χ1n) is 12.9. The van der Waals surface area contributed by atoms with Crippen LogP contribution in [0.4, 0.5) is 11.4 Å². The molecular formula is C31H32N2O4. The number of fused-ring (bicyclic) bond motifs is 1. The summed E-state index contributed by atoms with van der Waals surface area (Å²) in [5.74, 6) is 1.47. The molecule has 3 aromatic rings. The van der Waals surface area contributed by atoms with E-state index in [4.69, 9.17) is 9.47 Å². The first kappa shape index (κ1) is 24.6. The van der Waals surface area contributed by atoms with Crippen LogP contribution in [0.3, 0.4) is 0 Å². The monoisotopic (exact) mass is 496 g/mol. The molecule has 0 radical (unpaired) electrons. The van der Waals surface area contributed by atoms with E-state index in [0.717, 1.165) is 33.9 Å². The van der Waals surface area contributed by atoms with Gasteiger partial charge in [-0.05, 0) is 55.2 Å². The molecule has 1 amide bonds. The van der Waals surface area contributed by atoms with Gasteiger partial charge in [-0.15, -0.1) is 0 Å². The summed E-state index contributed by atoms with van der Waals surface area (Å²) in [6, 6.07) is 22.8. The van der Waals surface area contributed by atoms with E-state index in [9.17, 15) is 9.59 Å². The summed E-state index contributed by atoms with van der Waals surface area (Å²) in [7, 11) is 1.65. The SMILES string of the molecule is CCOc1ccccc1[C@@H]1C2=C(C[C@H](c3ccc(OC)cc3)CC2=O)Nc2ccccc2N1C(=O)CC. The average Bonchev–Trinajstić information content (AvgIpc) is 3.08. The Kier molecular flexibility index (Phi) is 6.99. The fourth-order valence-corrected chi connectivity index (χ4v) is 5.44. The summed E-state index contributed by atoms with van der Waals surface area (Å²) in [6.07, 6.45) is 1.33. The molecule has 1 heterocycles. The van der Waals surface area contributed by atoms with Crippen LogP contribution < -0.4 is 19.7 Å². The Balaban J connectivity index is 1.70. The number of benzene rings is 3. The molecule has 5 rings (SSSR count). The molecule has 0 bridgehead atoms. The van der Waals surface area contributed by atoms with E-state index >= 15 is 0 Å². The molecule has 1 aliphatic carbocycles. The third-order valence-electron chi connectivity index (χ3n) is 7.16. The maximum atomic E-state index is 14.0. The van der Waals surface area contributed by atoms with E-state index in [2.05, 4.69) is 5.32 Å². The first-order valence-corrected chi connectivity index (χ1v) is 12.9. The molecule has 2 atom stereocenters. The summed E-state index contributed by atoms with van der Waals surface area (Å²) < 4.78 is 11.3. The third kappa shape index (κ3) is 4.59. The molecule has 0 saturated carbocycles. The molecule has 1 aliphatic heterocycles. The number of amides is 1. The van der Waals surface area contributed by atoms with Crippen LogP contribution in [0.15, 0.2) is 84.1 Å². The van der Waals surface area contributed by atoms with Crippen LogP contribution in [-0.4, -0.2) is 25.4 Å². The van der Waals surface area contributed by atoms with Gasteiger partial charge in [-0.2, -0.15) is 0 Å². The zero-order valence-corrected chi connectivity index (χ0v) is 21.5. The number of nitrogens with one attached hydrogen (secondary N) is 1. The van der Waals surface area contributed by atoms with Crippen LogP contribution in [0, 0.1) is 0 Å². The number of ketones is 1. The highest BCUT2D eigenvalue weighted by Gasteiger charge is 2.42. The van der Waals surface area contributed by atoms with Crippen molar-refractivity contribution in [1.29, 1.82) is 0 Å². The molecule has 6 heteroatoms. The van der Waals surface area contributed by atoms with Crippen LogP contribution >= 0.6 is 0 Å². The first-order chi connectivity index (χ1) is 18.0. The van der Waals surface area contributed by atoms with E-state index < -0.39 is 6.04 Å². The zero-order valence-electron chi connectivity index (χ0n) is 21.5. The lowest BCUT2D eigenvalue weighted by Crippen LogP contribution is -2.38. The smallest absolute Gasteiger partial charge is 0.227 e. The Bertz CT molecular complexity index is 1350. The molecule has 0 fully saturated rings. The highest BCUT2D eigenvalue weighted by molar-refractivity contribution is 6.06. The fraction of sp³-hybridized carbons (Fsp3) is 0.290. The lowest BCUT2D eigenvalue weighted by Gasteiger charge is -2.35. The Morgan fingerprint density at radius 2 is 1.70 bits per heavy atom. The number of para-hydroxylation sites is 3. The summed E-state index contributed by atoms with van der Waals surface area (Å²) >= 11 is 0. The molecule has 6 nitrogen and oxygen atoms in total. The number of ether oxygens (including phenoxy) is 2. The van der Waals surface area contributed by atoms with Gasteiger partial charge in [0, 0.05) is 29.7 Å². The Morgan fingerprint density at radius 3 is 2.43 bits per heavy atom. The van der Waals surface area contributed by atoms with Gasteiger partial charge in [-0.25, -0.2) is 0 Å². The molecule has 190 valence electrons. The number of rotatable bonds is 6. The minimum absolute atomic E-state index is 0.0213. The van der Waals surface area contributed by atoms with Crippen molar-refractivity contribution in [2.75, 3.05) is 23.9 Å². The Labute approximate surface area is 217 Å². The number of hydrogen-bond acceptors (Lipinski definition) is 5. The number of Topliss-reactive ketones (excluding diaryl/α,β-unsaturated/α-hetero) is 1. The molecule has 37 heavy (non-hydrogen) atoms. The quantitative estimate of drug-likeness (QED) is 0.427. The van der Waals surface area contributed by atoms with Gasteiger partial charge in [0.25, 0.3) is 0 Å². The van der Waals surface area contributed by atoms with E-state index in [0.29, 0.717) is 37.2 Å². The van der Waals surface area contributed by atoms with Crippen LogP contribution in [0.25, 0.3) is 0 Å². The minimum atomic E-state index is -0.592. The van der Waals surface area contributed by atoms with Gasteiger partial charge in [0.15, 0.2) is 5.78 Å². The standard InChI is InChI=1S/C31H32N2O4/c1-4-29(35)33-26-12-8-7-11-24(26)32-25-18-21(20-14-16-22(36-3)17-15-20)19-27(34)30(25)31(33)23-10-6-9-13-28(23)37-5-2/h6-17,21,31-32H,4-5,18-19H2,1-3H3/t21-,31+/m0/s1. The Morgan fingerprint density at radius 1 is 0.973 bits per heavy atom. The van der Waals surface area contributed by atoms with Crippen molar-refractivity contribution in [3.05, 3.63) is 95.2 Å². The Hall–Kier alpha value is -4.06. The van der Waals surface area contributed by atoms with Gasteiger partial charge < -0.3 is 14.8 Å². The number of anilines is 2. The molecule has 1 N–H and O–H groups in total. The van der Waals surface area contributed by atoms with Gasteiger partial charge in [0.05, 0.1) is 31.1 Å². The van der Waals surface area contributed by atoms with Crippen molar-refractivity contribution in [3.8, 4) is 11.5 Å². The average molecular weight is 497 g/mol. The minimum Gasteiger partial charge on any atom is -0.497 e. The van der Waals surface area contributed by atoms with Gasteiger partial charge in [-0.1, -0.05) is 49.4 Å². The van der Waals surface area contributed by atoms with Crippen molar-refractivity contribution in [3.63, 3.8) is 0 Å². The molecular weight excluding hydrogens is 464 g/mol. The topological polar surface area (TPSA) is 67.9 Å². The second kappa shape index (κ2) is 10.5. The van der Waals surface area contributed by atoms with Gasteiger partial charge in [0.2, 0.25) is 5.91 Å². The van der Waals surface area contributed by atoms with Crippen molar-refractivity contribution in [1.82, 2.24) is 0 Å². The van der Waals surface area contributed by atoms with Crippen molar-refractivity contribution >= 4 is 23.1 Å². The summed E-state index contributed by atoms with van der Waals surface area (Å²) in [5.41, 5.74) is 4.97. The van der Waals surface area contributed by atoms with Gasteiger partial charge >= 0.3 is 0 Å². The second-order valence-electron chi connectivity index (χ2n) is 9.33. The van der Waals surface area contributed by atoms with E-state index in [1.54, 1.807) is 12.0 Å². The predicted molar refractivity (Wildman–Crippen MR) is 145 cm³/mol. The maximum absolute atomic E-state index is 14.0. The van der Waals surface area contributed by atoms with Crippen LogP contribution in [0.5, 0.6) is 11.5 Å². The third-order valence-corrected chi connectivity index (χ3v) is 7.16. The van der Waals surface area contributed by atoms with Crippen LogP contribution in [0.1, 0.15) is 56.2 Å². The molecule has 0 aromatic heterocycles. The normalized spacial score (nSPS) is 18.9. The largest absolute Gasteiger partial charge is 0.497 e. The molecule has 0 saturated heterocycles. The predicted octanol–water partition coefficient (Wildman–Crippen LogP) is 6.40. The van der Waals surface area contributed by atoms with Crippen LogP contribution in [0.2, 0.25) is 0 Å². The van der Waals surface area contributed by atoms with Crippen molar-refractivity contribution < 1.29 is 19.1 Å². The maximum Gasteiger partial charge on any atom is 0.227 e. The number of nitrogens with zero attached hydrogens (tertiary/aromatic N) is 1. The van der Waals surface area contributed by atoms with Crippen molar-refractivity contribution in [2.45, 2.75) is 45.1 Å². The van der Waals surface area contributed by atoms with Gasteiger partial charge in [-0.3, -0.25) is 14.5 Å². The van der Waals surface area contributed by atoms with Crippen LogP contribution in [-0.2, 0) is 9.59 Å².